The fourth-order valence-corrected chi connectivity index (χ4v) is 3.37. The molecule has 27 heavy (non-hydrogen) atoms. The maximum Gasteiger partial charge on any atom is 0.279 e. The maximum atomic E-state index is 12.5. The molecule has 4 rings (SSSR count). The van der Waals surface area contributed by atoms with E-state index in [-0.39, 0.29) is 17.9 Å². The molecular weight excluding hydrogens is 342 g/mol. The smallest absolute Gasteiger partial charge is 0.279 e. The van der Waals surface area contributed by atoms with Crippen molar-refractivity contribution in [1.29, 1.82) is 0 Å². The van der Waals surface area contributed by atoms with E-state index in [0.29, 0.717) is 30.9 Å². The summed E-state index contributed by atoms with van der Waals surface area (Å²) in [5, 5.41) is 8.07. The van der Waals surface area contributed by atoms with E-state index < -0.39 is 0 Å². The molecule has 138 valence electrons. The van der Waals surface area contributed by atoms with Crippen LogP contribution >= 0.6 is 0 Å². The van der Waals surface area contributed by atoms with Gasteiger partial charge >= 0.3 is 0 Å². The van der Waals surface area contributed by atoms with E-state index in [9.17, 15) is 9.59 Å². The zero-order valence-corrected chi connectivity index (χ0v) is 15.0. The highest BCUT2D eigenvalue weighted by Gasteiger charge is 2.21. The minimum atomic E-state index is -0.206. The van der Waals surface area contributed by atoms with Crippen molar-refractivity contribution in [2.24, 2.45) is 0 Å². The fourth-order valence-electron chi connectivity index (χ4n) is 3.37. The number of carbonyl (C=O) groups excluding carboxylic acids is 1. The molecule has 0 unspecified atom stereocenters. The quantitative estimate of drug-likeness (QED) is 0.700. The molecule has 7 heteroatoms. The normalized spacial score (nSPS) is 14.5. The van der Waals surface area contributed by atoms with Crippen LogP contribution in [0.25, 0.3) is 5.65 Å². The summed E-state index contributed by atoms with van der Waals surface area (Å²) in [5.41, 5.74) is 1.82. The van der Waals surface area contributed by atoms with Gasteiger partial charge in [0.15, 0.2) is 5.65 Å². The molecule has 0 aliphatic carbocycles. The summed E-state index contributed by atoms with van der Waals surface area (Å²) in [6, 6.07) is 15.5. The third kappa shape index (κ3) is 3.67. The Bertz CT molecular complexity index is 994. The van der Waals surface area contributed by atoms with E-state index in [1.54, 1.807) is 18.3 Å². The Labute approximate surface area is 156 Å². The van der Waals surface area contributed by atoms with Gasteiger partial charge in [0.2, 0.25) is 5.91 Å². The number of pyridine rings is 1. The molecular formula is C20H21N5O2. The van der Waals surface area contributed by atoms with Gasteiger partial charge in [0.1, 0.15) is 5.69 Å². The predicted molar refractivity (Wildman–Crippen MR) is 103 cm³/mol. The van der Waals surface area contributed by atoms with Crippen LogP contribution in [0.1, 0.15) is 12.1 Å². The predicted octanol–water partition coefficient (Wildman–Crippen LogP) is 1.37. The highest BCUT2D eigenvalue weighted by Crippen LogP contribution is 2.16. The number of benzene rings is 1. The van der Waals surface area contributed by atoms with Crippen molar-refractivity contribution >= 4 is 17.2 Å². The van der Waals surface area contributed by atoms with Gasteiger partial charge in [-0.05, 0) is 24.3 Å². The summed E-state index contributed by atoms with van der Waals surface area (Å²) in [4.78, 5) is 29.1. The van der Waals surface area contributed by atoms with Crippen molar-refractivity contribution in [2.75, 3.05) is 31.1 Å². The molecule has 3 heterocycles. The van der Waals surface area contributed by atoms with E-state index in [2.05, 4.69) is 27.2 Å². The summed E-state index contributed by atoms with van der Waals surface area (Å²) in [6.45, 7) is 3.01. The van der Waals surface area contributed by atoms with Gasteiger partial charge in [-0.25, -0.2) is 0 Å². The molecule has 7 nitrogen and oxygen atoms in total. The Hall–Kier alpha value is -3.22. The molecule has 1 amide bonds. The number of piperazine rings is 1. The first-order chi connectivity index (χ1) is 13.2. The molecule has 2 aromatic heterocycles. The number of para-hydroxylation sites is 1. The largest absolute Gasteiger partial charge is 0.368 e. The molecule has 3 aromatic rings. The number of carbonyl (C=O) groups is 1. The Morgan fingerprint density at radius 2 is 1.67 bits per heavy atom. The van der Waals surface area contributed by atoms with Crippen LogP contribution in [0.5, 0.6) is 0 Å². The lowest BCUT2D eigenvalue weighted by Gasteiger charge is -2.36. The van der Waals surface area contributed by atoms with Crippen molar-refractivity contribution < 1.29 is 4.79 Å². The summed E-state index contributed by atoms with van der Waals surface area (Å²) in [6.07, 6.45) is 2.25. The lowest BCUT2D eigenvalue weighted by molar-refractivity contribution is -0.131. The van der Waals surface area contributed by atoms with Gasteiger partial charge in [0.25, 0.3) is 5.56 Å². The van der Waals surface area contributed by atoms with Crippen LogP contribution in [0, 0.1) is 0 Å². The molecule has 0 spiro atoms. The summed E-state index contributed by atoms with van der Waals surface area (Å²) >= 11 is 0. The Morgan fingerprint density at radius 1 is 0.926 bits per heavy atom. The van der Waals surface area contributed by atoms with Gasteiger partial charge in [-0.15, -0.1) is 10.2 Å². The van der Waals surface area contributed by atoms with Gasteiger partial charge in [-0.1, -0.05) is 24.3 Å². The highest BCUT2D eigenvalue weighted by atomic mass is 16.2. The number of rotatable bonds is 4. The number of aryl methyl sites for hydroxylation is 1. The van der Waals surface area contributed by atoms with Crippen LogP contribution in [0.4, 0.5) is 5.69 Å². The van der Waals surface area contributed by atoms with E-state index in [4.69, 9.17) is 0 Å². The average molecular weight is 363 g/mol. The second-order valence-corrected chi connectivity index (χ2v) is 6.58. The molecule has 1 aliphatic rings. The third-order valence-corrected chi connectivity index (χ3v) is 4.91. The van der Waals surface area contributed by atoms with Gasteiger partial charge in [0.05, 0.1) is 0 Å². The van der Waals surface area contributed by atoms with Crippen molar-refractivity contribution in [3.05, 3.63) is 70.8 Å². The lowest BCUT2D eigenvalue weighted by atomic mass is 10.2. The van der Waals surface area contributed by atoms with E-state index in [0.717, 1.165) is 13.1 Å². The first-order valence-corrected chi connectivity index (χ1v) is 9.13. The maximum absolute atomic E-state index is 12.5. The van der Waals surface area contributed by atoms with Crippen LogP contribution in [0.2, 0.25) is 0 Å². The number of hydrogen-bond acceptors (Lipinski definition) is 5. The molecule has 1 saturated heterocycles. The zero-order valence-electron chi connectivity index (χ0n) is 15.0. The monoisotopic (exact) mass is 363 g/mol. The topological polar surface area (TPSA) is 70.8 Å². The van der Waals surface area contributed by atoms with Crippen molar-refractivity contribution in [3.8, 4) is 0 Å². The minimum absolute atomic E-state index is 0.0575. The van der Waals surface area contributed by atoms with Crippen LogP contribution in [0.15, 0.2) is 59.5 Å². The number of hydrogen-bond donors (Lipinski definition) is 0. The molecule has 0 N–H and O–H groups in total. The Kier molecular flexibility index (Phi) is 4.82. The second kappa shape index (κ2) is 7.57. The van der Waals surface area contributed by atoms with Crippen LogP contribution in [-0.2, 0) is 11.2 Å². The van der Waals surface area contributed by atoms with Crippen molar-refractivity contribution in [1.82, 2.24) is 19.5 Å². The van der Waals surface area contributed by atoms with Crippen LogP contribution in [0.3, 0.4) is 0 Å². The molecule has 0 radical (unpaired) electrons. The fraction of sp³-hybridized carbons (Fsp3) is 0.300. The number of aromatic nitrogens is 3. The minimum Gasteiger partial charge on any atom is -0.368 e. The number of anilines is 1. The van der Waals surface area contributed by atoms with E-state index in [1.165, 1.54) is 10.1 Å². The average Bonchev–Trinajstić information content (AvgIpc) is 2.74. The van der Waals surface area contributed by atoms with Gasteiger partial charge in [-0.2, -0.15) is 0 Å². The highest BCUT2D eigenvalue weighted by molar-refractivity contribution is 5.76. The van der Waals surface area contributed by atoms with E-state index >= 15 is 0 Å². The standard InChI is InChI=1S/C20H21N5O2/c26-19(24-14-12-23(13-15-24)16-6-2-1-3-7-16)10-9-17-20(27)25-11-5-4-8-18(25)22-21-17/h1-8,11H,9-10,12-15H2. The third-order valence-electron chi connectivity index (χ3n) is 4.91. The molecule has 0 bridgehead atoms. The van der Waals surface area contributed by atoms with Gasteiger partial charge < -0.3 is 9.80 Å². The summed E-state index contributed by atoms with van der Waals surface area (Å²) < 4.78 is 1.46. The number of amides is 1. The zero-order chi connectivity index (χ0) is 18.6. The summed E-state index contributed by atoms with van der Waals surface area (Å²) in [5.74, 6) is 0.0575. The molecule has 1 aromatic carbocycles. The summed E-state index contributed by atoms with van der Waals surface area (Å²) in [7, 11) is 0. The van der Waals surface area contributed by atoms with Crippen LogP contribution in [-0.4, -0.2) is 51.6 Å². The lowest BCUT2D eigenvalue weighted by Crippen LogP contribution is -2.48. The second-order valence-electron chi connectivity index (χ2n) is 6.58. The molecule has 0 atom stereocenters. The van der Waals surface area contributed by atoms with Crippen molar-refractivity contribution in [3.63, 3.8) is 0 Å². The SMILES string of the molecule is O=C(CCc1nnc2ccccn2c1=O)N1CCN(c2ccccc2)CC1. The van der Waals surface area contributed by atoms with Crippen molar-refractivity contribution in [2.45, 2.75) is 12.8 Å². The first-order valence-electron chi connectivity index (χ1n) is 9.13. The van der Waals surface area contributed by atoms with Crippen LogP contribution < -0.4 is 10.5 Å². The molecule has 1 fully saturated rings. The first kappa shape index (κ1) is 17.2. The Morgan fingerprint density at radius 3 is 2.44 bits per heavy atom. The molecule has 1 aliphatic heterocycles. The van der Waals surface area contributed by atoms with Gasteiger partial charge in [0, 0.05) is 50.9 Å². The Balaban J connectivity index is 1.35. The van der Waals surface area contributed by atoms with E-state index in [1.807, 2.05) is 29.2 Å². The van der Waals surface area contributed by atoms with Gasteiger partial charge in [-0.3, -0.25) is 14.0 Å². The molecule has 0 saturated carbocycles. The number of nitrogens with zero attached hydrogens (tertiary/aromatic N) is 5. The number of fused-ring (bicyclic) bond motifs is 1.